The second-order valence-electron chi connectivity index (χ2n) is 4.53. The number of aromatic nitrogens is 2. The number of carbonyl (C=O) groups is 1. The van der Waals surface area contributed by atoms with E-state index in [4.69, 9.17) is 0 Å². The maximum Gasteiger partial charge on any atom is 0.229 e. The predicted octanol–water partition coefficient (Wildman–Crippen LogP) is 2.06. The molecule has 1 aromatic heterocycles. The molecule has 0 radical (unpaired) electrons. The molecule has 2 aromatic rings. The number of hydrogen-bond acceptors (Lipinski definition) is 5. The Kier molecular flexibility index (Phi) is 3.16. The summed E-state index contributed by atoms with van der Waals surface area (Å²) in [6.07, 6.45) is 0.494. The van der Waals surface area contributed by atoms with Gasteiger partial charge in [0.15, 0.2) is 0 Å². The zero-order valence-electron chi connectivity index (χ0n) is 10.5. The number of nitrogens with zero attached hydrogens (tertiary/aromatic N) is 3. The molecule has 98 valence electrons. The summed E-state index contributed by atoms with van der Waals surface area (Å²) < 4.78 is 4.12. The highest BCUT2D eigenvalue weighted by Crippen LogP contribution is 2.23. The van der Waals surface area contributed by atoms with Crippen LogP contribution in [0, 0.1) is 6.92 Å². The van der Waals surface area contributed by atoms with Gasteiger partial charge in [-0.25, -0.2) is 4.98 Å². The summed E-state index contributed by atoms with van der Waals surface area (Å²) in [5.74, 6) is 0.904. The normalized spacial score (nSPS) is 18.9. The minimum absolute atomic E-state index is 0.0973. The van der Waals surface area contributed by atoms with Crippen molar-refractivity contribution in [1.29, 1.82) is 0 Å². The second kappa shape index (κ2) is 4.97. The first-order valence-corrected chi connectivity index (χ1v) is 6.92. The van der Waals surface area contributed by atoms with Gasteiger partial charge in [-0.3, -0.25) is 4.79 Å². The molecule has 3 rings (SSSR count). The Morgan fingerprint density at radius 3 is 2.84 bits per heavy atom. The van der Waals surface area contributed by atoms with Gasteiger partial charge in [-0.2, -0.15) is 4.37 Å². The predicted molar refractivity (Wildman–Crippen MR) is 75.5 cm³/mol. The molecular weight excluding hydrogens is 260 g/mol. The first kappa shape index (κ1) is 12.1. The summed E-state index contributed by atoms with van der Waals surface area (Å²) in [7, 11) is 0. The highest BCUT2D eigenvalue weighted by Gasteiger charge is 2.30. The van der Waals surface area contributed by atoms with Crippen molar-refractivity contribution in [3.05, 3.63) is 36.2 Å². The van der Waals surface area contributed by atoms with E-state index in [0.717, 1.165) is 16.6 Å². The monoisotopic (exact) mass is 274 g/mol. The Hall–Kier alpha value is -1.95. The molecule has 6 heteroatoms. The van der Waals surface area contributed by atoms with Crippen molar-refractivity contribution >= 4 is 28.3 Å². The number of benzene rings is 1. The zero-order valence-corrected chi connectivity index (χ0v) is 11.4. The molecule has 1 aliphatic heterocycles. The molecule has 5 nitrogen and oxygen atoms in total. The van der Waals surface area contributed by atoms with Crippen LogP contribution >= 0.6 is 11.5 Å². The van der Waals surface area contributed by atoms with E-state index in [1.165, 1.54) is 11.5 Å². The molecule has 1 unspecified atom stereocenters. The molecule has 0 spiro atoms. The molecule has 1 aliphatic rings. The van der Waals surface area contributed by atoms with Gasteiger partial charge in [0.1, 0.15) is 5.82 Å². The van der Waals surface area contributed by atoms with Gasteiger partial charge in [-0.1, -0.05) is 18.2 Å². The lowest BCUT2D eigenvalue weighted by Gasteiger charge is -2.16. The first-order valence-electron chi connectivity index (χ1n) is 6.14. The van der Waals surface area contributed by atoms with E-state index in [9.17, 15) is 4.79 Å². The molecule has 1 N–H and O–H groups in total. The van der Waals surface area contributed by atoms with E-state index >= 15 is 0 Å². The van der Waals surface area contributed by atoms with Crippen molar-refractivity contribution in [2.45, 2.75) is 19.4 Å². The van der Waals surface area contributed by atoms with Crippen molar-refractivity contribution in [2.75, 3.05) is 16.8 Å². The number of aryl methyl sites for hydroxylation is 1. The Bertz CT molecular complexity index is 583. The number of hydrogen-bond donors (Lipinski definition) is 1. The molecule has 1 saturated heterocycles. The average Bonchev–Trinajstić information content (AvgIpc) is 2.97. The lowest BCUT2D eigenvalue weighted by molar-refractivity contribution is -0.117. The van der Waals surface area contributed by atoms with Crippen LogP contribution in [0.15, 0.2) is 30.3 Å². The number of nitrogens with one attached hydrogen (secondary N) is 1. The number of amides is 1. The van der Waals surface area contributed by atoms with Crippen molar-refractivity contribution in [3.63, 3.8) is 0 Å². The molecule has 1 amide bonds. The van der Waals surface area contributed by atoms with Crippen LogP contribution in [0.3, 0.4) is 0 Å². The molecule has 0 saturated carbocycles. The maximum atomic E-state index is 12.0. The summed E-state index contributed by atoms with van der Waals surface area (Å²) in [6, 6.07) is 9.84. The third-order valence-corrected chi connectivity index (χ3v) is 3.79. The number of para-hydroxylation sites is 1. The summed E-state index contributed by atoms with van der Waals surface area (Å²) >= 11 is 1.33. The van der Waals surface area contributed by atoms with Crippen molar-refractivity contribution in [1.82, 2.24) is 9.36 Å². The van der Waals surface area contributed by atoms with Gasteiger partial charge >= 0.3 is 0 Å². The minimum atomic E-state index is 0.0973. The molecule has 1 aromatic carbocycles. The van der Waals surface area contributed by atoms with Gasteiger partial charge in [0, 0.05) is 30.2 Å². The first-order chi connectivity index (χ1) is 9.22. The van der Waals surface area contributed by atoms with Crippen molar-refractivity contribution in [2.24, 2.45) is 0 Å². The van der Waals surface area contributed by atoms with Crippen molar-refractivity contribution in [3.8, 4) is 0 Å². The zero-order chi connectivity index (χ0) is 13.2. The molecule has 19 heavy (non-hydrogen) atoms. The quantitative estimate of drug-likeness (QED) is 0.931. The van der Waals surface area contributed by atoms with Gasteiger partial charge in [-0.15, -0.1) is 0 Å². The number of carbonyl (C=O) groups excluding carboxylic acids is 1. The van der Waals surface area contributed by atoms with Crippen LogP contribution in [0.1, 0.15) is 12.2 Å². The number of rotatable bonds is 3. The maximum absolute atomic E-state index is 12.0. The SMILES string of the molecule is Cc1nsc(NC2CC(=O)N(c3ccccc3)C2)n1. The topological polar surface area (TPSA) is 58.1 Å². The third kappa shape index (κ3) is 2.58. The molecule has 0 aliphatic carbocycles. The van der Waals surface area contributed by atoms with Crippen LogP contribution in [-0.4, -0.2) is 27.9 Å². The van der Waals surface area contributed by atoms with E-state index in [-0.39, 0.29) is 11.9 Å². The summed E-state index contributed by atoms with van der Waals surface area (Å²) in [6.45, 7) is 2.53. The molecule has 1 fully saturated rings. The Labute approximate surface area is 115 Å². The summed E-state index contributed by atoms with van der Waals surface area (Å²) in [5.41, 5.74) is 0.949. The fourth-order valence-electron chi connectivity index (χ4n) is 2.19. The fraction of sp³-hybridized carbons (Fsp3) is 0.308. The standard InChI is InChI=1S/C13H14N4OS/c1-9-14-13(19-16-9)15-10-7-12(18)17(8-10)11-5-3-2-4-6-11/h2-6,10H,7-8H2,1H3,(H,14,15,16). The van der Waals surface area contributed by atoms with Crippen LogP contribution in [0.25, 0.3) is 0 Å². The molecule has 1 atom stereocenters. The Morgan fingerprint density at radius 2 is 2.16 bits per heavy atom. The van der Waals surface area contributed by atoms with Gasteiger partial charge in [0.25, 0.3) is 0 Å². The molecule has 2 heterocycles. The van der Waals surface area contributed by atoms with Crippen LogP contribution in [0.2, 0.25) is 0 Å². The highest BCUT2D eigenvalue weighted by molar-refractivity contribution is 7.09. The Morgan fingerprint density at radius 1 is 1.37 bits per heavy atom. The smallest absolute Gasteiger partial charge is 0.229 e. The lowest BCUT2D eigenvalue weighted by atomic mass is 10.3. The highest BCUT2D eigenvalue weighted by atomic mass is 32.1. The average molecular weight is 274 g/mol. The second-order valence-corrected chi connectivity index (χ2v) is 5.28. The van der Waals surface area contributed by atoms with E-state index < -0.39 is 0 Å². The van der Waals surface area contributed by atoms with Crippen molar-refractivity contribution < 1.29 is 4.79 Å². The molecule has 0 bridgehead atoms. The van der Waals surface area contributed by atoms with Gasteiger partial charge < -0.3 is 10.2 Å². The molecular formula is C13H14N4OS. The summed E-state index contributed by atoms with van der Waals surface area (Å²) in [5, 5.41) is 4.06. The van der Waals surface area contributed by atoms with Gasteiger partial charge in [0.05, 0.1) is 6.04 Å². The van der Waals surface area contributed by atoms with E-state index in [0.29, 0.717) is 13.0 Å². The fourth-order valence-corrected chi connectivity index (χ4v) is 2.84. The Balaban J connectivity index is 1.70. The number of anilines is 2. The van der Waals surface area contributed by atoms with E-state index in [1.54, 1.807) is 0 Å². The van der Waals surface area contributed by atoms with E-state index in [1.807, 2.05) is 42.2 Å². The lowest BCUT2D eigenvalue weighted by Crippen LogP contribution is -2.27. The summed E-state index contributed by atoms with van der Waals surface area (Å²) in [4.78, 5) is 18.1. The van der Waals surface area contributed by atoms with Crippen LogP contribution < -0.4 is 10.2 Å². The van der Waals surface area contributed by atoms with Gasteiger partial charge in [0.2, 0.25) is 11.0 Å². The van der Waals surface area contributed by atoms with Crippen LogP contribution in [-0.2, 0) is 4.79 Å². The van der Waals surface area contributed by atoms with Crippen LogP contribution in [0.4, 0.5) is 10.8 Å². The van der Waals surface area contributed by atoms with Crippen LogP contribution in [0.5, 0.6) is 0 Å². The van der Waals surface area contributed by atoms with E-state index in [2.05, 4.69) is 14.7 Å². The minimum Gasteiger partial charge on any atom is -0.355 e. The third-order valence-electron chi connectivity index (χ3n) is 3.05. The van der Waals surface area contributed by atoms with Gasteiger partial charge in [-0.05, 0) is 19.1 Å². The largest absolute Gasteiger partial charge is 0.355 e.